The predicted molar refractivity (Wildman–Crippen MR) is 102 cm³/mol. The Morgan fingerprint density at radius 2 is 1.93 bits per heavy atom. The van der Waals surface area contributed by atoms with E-state index < -0.39 is 0 Å². The maximum atomic E-state index is 12.4. The molecule has 6 nitrogen and oxygen atoms in total. The molecule has 2 heterocycles. The van der Waals surface area contributed by atoms with Crippen LogP contribution in [0.5, 0.6) is 0 Å². The normalized spacial score (nSPS) is 21.9. The summed E-state index contributed by atoms with van der Waals surface area (Å²) in [4.78, 5) is 40.1. The second kappa shape index (κ2) is 7.71. The predicted octanol–water partition coefficient (Wildman–Crippen LogP) is 1.66. The van der Waals surface area contributed by atoms with Crippen molar-refractivity contribution in [3.63, 3.8) is 0 Å². The first-order valence-corrected chi connectivity index (χ1v) is 10.1. The average molecular weight is 369 g/mol. The van der Waals surface area contributed by atoms with Gasteiger partial charge in [0.2, 0.25) is 17.7 Å². The lowest BCUT2D eigenvalue weighted by Crippen LogP contribution is -2.35. The number of nitrogens with zero attached hydrogens (tertiary/aromatic N) is 2. The van der Waals surface area contributed by atoms with Crippen LogP contribution in [0.2, 0.25) is 0 Å². The van der Waals surface area contributed by atoms with Gasteiger partial charge in [-0.15, -0.1) is 0 Å². The SMILES string of the molecule is O=C(NCCCN1CCCC1=O)[C@@H]1CC(=O)N(c2ccc3c(c2)CCC3)C1. The fourth-order valence-electron chi connectivity index (χ4n) is 4.43. The van der Waals surface area contributed by atoms with Crippen LogP contribution in [0.15, 0.2) is 18.2 Å². The number of carbonyl (C=O) groups is 3. The van der Waals surface area contributed by atoms with Gasteiger partial charge in [-0.1, -0.05) is 6.07 Å². The summed E-state index contributed by atoms with van der Waals surface area (Å²) in [5.74, 6) is -0.109. The molecule has 1 aromatic rings. The van der Waals surface area contributed by atoms with Crippen LogP contribution >= 0.6 is 0 Å². The number of carbonyl (C=O) groups excluding carboxylic acids is 3. The van der Waals surface area contributed by atoms with Crippen LogP contribution in [-0.2, 0) is 27.2 Å². The maximum absolute atomic E-state index is 12.4. The number of hydrogen-bond acceptors (Lipinski definition) is 3. The Bertz CT molecular complexity index is 761. The summed E-state index contributed by atoms with van der Waals surface area (Å²) in [6.45, 7) is 2.53. The van der Waals surface area contributed by atoms with Crippen LogP contribution in [0.4, 0.5) is 5.69 Å². The van der Waals surface area contributed by atoms with Crippen LogP contribution in [0.3, 0.4) is 0 Å². The molecule has 0 radical (unpaired) electrons. The van der Waals surface area contributed by atoms with E-state index in [1.165, 1.54) is 17.5 Å². The third kappa shape index (κ3) is 3.84. The molecule has 1 aromatic carbocycles. The van der Waals surface area contributed by atoms with Crippen molar-refractivity contribution in [2.45, 2.75) is 44.9 Å². The van der Waals surface area contributed by atoms with Crippen molar-refractivity contribution in [3.05, 3.63) is 29.3 Å². The summed E-state index contributed by atoms with van der Waals surface area (Å²) in [7, 11) is 0. The highest BCUT2D eigenvalue weighted by atomic mass is 16.2. The van der Waals surface area contributed by atoms with Gasteiger partial charge in [0.25, 0.3) is 0 Å². The molecule has 3 amide bonds. The molecule has 0 unspecified atom stereocenters. The van der Waals surface area contributed by atoms with Gasteiger partial charge in [-0.05, 0) is 55.4 Å². The molecule has 0 saturated carbocycles. The molecular weight excluding hydrogens is 342 g/mol. The summed E-state index contributed by atoms with van der Waals surface area (Å²) in [6, 6.07) is 6.25. The Kier molecular flexibility index (Phi) is 5.14. The molecule has 1 aliphatic carbocycles. The summed E-state index contributed by atoms with van der Waals surface area (Å²) < 4.78 is 0. The van der Waals surface area contributed by atoms with E-state index in [9.17, 15) is 14.4 Å². The molecule has 4 rings (SSSR count). The maximum Gasteiger partial charge on any atom is 0.227 e. The van der Waals surface area contributed by atoms with Gasteiger partial charge in [0, 0.05) is 44.7 Å². The first kappa shape index (κ1) is 18.0. The number of hydrogen-bond donors (Lipinski definition) is 1. The van der Waals surface area contributed by atoms with E-state index >= 15 is 0 Å². The van der Waals surface area contributed by atoms with Crippen molar-refractivity contribution in [2.24, 2.45) is 5.92 Å². The summed E-state index contributed by atoms with van der Waals surface area (Å²) in [5, 5.41) is 2.94. The molecule has 1 atom stereocenters. The molecule has 1 N–H and O–H groups in total. The quantitative estimate of drug-likeness (QED) is 0.776. The van der Waals surface area contributed by atoms with E-state index in [1.54, 1.807) is 4.90 Å². The minimum atomic E-state index is -0.292. The number of amides is 3. The van der Waals surface area contributed by atoms with Gasteiger partial charge < -0.3 is 15.1 Å². The van der Waals surface area contributed by atoms with Gasteiger partial charge in [0.1, 0.15) is 0 Å². The number of anilines is 1. The smallest absolute Gasteiger partial charge is 0.227 e. The number of fused-ring (bicyclic) bond motifs is 1. The molecule has 2 fully saturated rings. The standard InChI is InChI=1S/C21H27N3O3/c25-19-6-2-10-23(19)11-3-9-22-21(27)17-13-20(26)24(14-17)18-8-7-15-4-1-5-16(15)12-18/h7-8,12,17H,1-6,9-11,13-14H2,(H,22,27)/t17-/m1/s1. The molecule has 0 aromatic heterocycles. The number of aryl methyl sites for hydroxylation is 2. The van der Waals surface area contributed by atoms with Crippen LogP contribution in [0, 0.1) is 5.92 Å². The van der Waals surface area contributed by atoms with E-state index in [-0.39, 0.29) is 30.1 Å². The van der Waals surface area contributed by atoms with Gasteiger partial charge in [-0.3, -0.25) is 14.4 Å². The van der Waals surface area contributed by atoms with E-state index in [1.807, 2.05) is 11.0 Å². The van der Waals surface area contributed by atoms with Gasteiger partial charge >= 0.3 is 0 Å². The second-order valence-corrected chi connectivity index (χ2v) is 7.84. The molecule has 2 saturated heterocycles. The molecule has 6 heteroatoms. The summed E-state index contributed by atoms with van der Waals surface area (Å²) >= 11 is 0. The first-order valence-electron chi connectivity index (χ1n) is 10.1. The Balaban J connectivity index is 1.27. The van der Waals surface area contributed by atoms with Crippen molar-refractivity contribution >= 4 is 23.4 Å². The lowest BCUT2D eigenvalue weighted by atomic mass is 10.1. The molecule has 27 heavy (non-hydrogen) atoms. The molecular formula is C21H27N3O3. The van der Waals surface area contributed by atoms with Crippen LogP contribution in [0.25, 0.3) is 0 Å². The average Bonchev–Trinajstić information content (AvgIpc) is 3.38. The third-order valence-corrected chi connectivity index (χ3v) is 5.96. The van der Waals surface area contributed by atoms with Gasteiger partial charge in [-0.25, -0.2) is 0 Å². The van der Waals surface area contributed by atoms with E-state index in [0.29, 0.717) is 26.1 Å². The van der Waals surface area contributed by atoms with E-state index in [0.717, 1.165) is 37.9 Å². The van der Waals surface area contributed by atoms with Crippen LogP contribution in [-0.4, -0.2) is 48.8 Å². The lowest BCUT2D eigenvalue weighted by Gasteiger charge is -2.18. The monoisotopic (exact) mass is 369 g/mol. The Labute approximate surface area is 159 Å². The highest BCUT2D eigenvalue weighted by Gasteiger charge is 2.35. The minimum Gasteiger partial charge on any atom is -0.356 e. The largest absolute Gasteiger partial charge is 0.356 e. The Hall–Kier alpha value is -2.37. The molecule has 0 spiro atoms. The zero-order chi connectivity index (χ0) is 18.8. The van der Waals surface area contributed by atoms with Gasteiger partial charge in [0.15, 0.2) is 0 Å². The van der Waals surface area contributed by atoms with Crippen molar-refractivity contribution in [1.29, 1.82) is 0 Å². The molecule has 2 aliphatic heterocycles. The molecule has 0 bridgehead atoms. The minimum absolute atomic E-state index is 0.0239. The highest BCUT2D eigenvalue weighted by Crippen LogP contribution is 2.30. The molecule has 3 aliphatic rings. The Morgan fingerprint density at radius 1 is 1.07 bits per heavy atom. The van der Waals surface area contributed by atoms with Crippen molar-refractivity contribution in [1.82, 2.24) is 10.2 Å². The zero-order valence-electron chi connectivity index (χ0n) is 15.7. The highest BCUT2D eigenvalue weighted by molar-refractivity contribution is 6.00. The van der Waals surface area contributed by atoms with Gasteiger partial charge in [0.05, 0.1) is 5.92 Å². The summed E-state index contributed by atoms with van der Waals surface area (Å²) in [6.07, 6.45) is 6.00. The fraction of sp³-hybridized carbons (Fsp3) is 0.571. The third-order valence-electron chi connectivity index (χ3n) is 5.96. The fourth-order valence-corrected chi connectivity index (χ4v) is 4.43. The molecule has 144 valence electrons. The van der Waals surface area contributed by atoms with Crippen molar-refractivity contribution in [2.75, 3.05) is 31.1 Å². The number of rotatable bonds is 6. The van der Waals surface area contributed by atoms with Crippen molar-refractivity contribution in [3.8, 4) is 0 Å². The summed E-state index contributed by atoms with van der Waals surface area (Å²) in [5.41, 5.74) is 3.64. The first-order chi connectivity index (χ1) is 13.1. The second-order valence-electron chi connectivity index (χ2n) is 7.84. The zero-order valence-corrected chi connectivity index (χ0v) is 15.7. The number of nitrogens with one attached hydrogen (secondary N) is 1. The van der Waals surface area contributed by atoms with E-state index in [4.69, 9.17) is 0 Å². The van der Waals surface area contributed by atoms with Crippen molar-refractivity contribution < 1.29 is 14.4 Å². The van der Waals surface area contributed by atoms with Gasteiger partial charge in [-0.2, -0.15) is 0 Å². The van der Waals surface area contributed by atoms with Crippen LogP contribution in [0.1, 0.15) is 43.2 Å². The topological polar surface area (TPSA) is 69.7 Å². The van der Waals surface area contributed by atoms with Crippen LogP contribution < -0.4 is 10.2 Å². The number of likely N-dealkylation sites (tertiary alicyclic amines) is 1. The Morgan fingerprint density at radius 3 is 2.74 bits per heavy atom. The number of benzene rings is 1. The lowest BCUT2D eigenvalue weighted by molar-refractivity contribution is -0.127. The van der Waals surface area contributed by atoms with E-state index in [2.05, 4.69) is 17.4 Å².